The highest BCUT2D eigenvalue weighted by Crippen LogP contribution is 2.19. The maximum absolute atomic E-state index is 13.1. The van der Waals surface area contributed by atoms with Crippen LogP contribution in [0.1, 0.15) is 24.2 Å². The molecule has 0 aliphatic carbocycles. The summed E-state index contributed by atoms with van der Waals surface area (Å²) in [5.41, 5.74) is -0.581. The van der Waals surface area contributed by atoms with E-state index in [-0.39, 0.29) is 17.5 Å². The number of nitro groups is 1. The topological polar surface area (TPSA) is 63.5 Å². The van der Waals surface area contributed by atoms with Crippen molar-refractivity contribution in [2.24, 2.45) is 0 Å². The van der Waals surface area contributed by atoms with Crippen molar-refractivity contribution in [3.63, 3.8) is 0 Å². The number of benzene rings is 1. The predicted molar refractivity (Wildman–Crippen MR) is 60.3 cm³/mol. The first-order chi connectivity index (χ1) is 7.84. The van der Waals surface area contributed by atoms with Crippen LogP contribution in [0.2, 0.25) is 0 Å². The third-order valence-electron chi connectivity index (χ3n) is 2.48. The predicted octanol–water partition coefficient (Wildman–Crippen LogP) is 2.21. The summed E-state index contributed by atoms with van der Waals surface area (Å²) in [5, 5.41) is 10.5. The summed E-state index contributed by atoms with van der Waals surface area (Å²) in [6.45, 7) is 3.63. The molecule has 0 bridgehead atoms. The molecular weight excluding hydrogens is 227 g/mol. The number of carbonyl (C=O) groups excluding carboxylic acids is 1. The number of amides is 1. The molecule has 6 heteroatoms. The van der Waals surface area contributed by atoms with Crippen LogP contribution in [0.25, 0.3) is 0 Å². The fourth-order valence-electron chi connectivity index (χ4n) is 1.22. The molecule has 17 heavy (non-hydrogen) atoms. The van der Waals surface area contributed by atoms with E-state index < -0.39 is 16.4 Å². The normalized spacial score (nSPS) is 10.4. The van der Waals surface area contributed by atoms with Gasteiger partial charge >= 0.3 is 5.69 Å². The van der Waals surface area contributed by atoms with Crippen LogP contribution in [0, 0.1) is 15.9 Å². The zero-order chi connectivity index (χ0) is 13.2. The molecule has 92 valence electrons. The van der Waals surface area contributed by atoms with Gasteiger partial charge in [0.1, 0.15) is 0 Å². The minimum absolute atomic E-state index is 0.0355. The number of carbonyl (C=O) groups is 1. The van der Waals surface area contributed by atoms with Crippen LogP contribution in [-0.2, 0) is 0 Å². The van der Waals surface area contributed by atoms with Crippen molar-refractivity contribution in [1.29, 1.82) is 0 Å². The second-order valence-corrected chi connectivity index (χ2v) is 3.93. The molecule has 0 radical (unpaired) electrons. The average Bonchev–Trinajstić information content (AvgIpc) is 2.27. The Morgan fingerprint density at radius 3 is 2.53 bits per heavy atom. The van der Waals surface area contributed by atoms with Crippen molar-refractivity contribution in [2.45, 2.75) is 19.9 Å². The van der Waals surface area contributed by atoms with E-state index in [1.54, 1.807) is 7.05 Å². The second-order valence-electron chi connectivity index (χ2n) is 3.93. The van der Waals surface area contributed by atoms with Crippen molar-refractivity contribution in [3.05, 3.63) is 39.7 Å². The highest BCUT2D eigenvalue weighted by atomic mass is 19.1. The van der Waals surface area contributed by atoms with Crippen LogP contribution in [0.4, 0.5) is 10.1 Å². The van der Waals surface area contributed by atoms with Gasteiger partial charge in [-0.15, -0.1) is 0 Å². The average molecular weight is 240 g/mol. The lowest BCUT2D eigenvalue weighted by molar-refractivity contribution is -0.387. The first-order valence-corrected chi connectivity index (χ1v) is 5.05. The smallest absolute Gasteiger partial charge is 0.305 e. The summed E-state index contributed by atoms with van der Waals surface area (Å²) in [6, 6.07) is 3.09. The lowest BCUT2D eigenvalue weighted by atomic mass is 10.1. The van der Waals surface area contributed by atoms with Gasteiger partial charge in [-0.25, -0.2) is 0 Å². The molecule has 1 aromatic rings. The molecule has 1 amide bonds. The summed E-state index contributed by atoms with van der Waals surface area (Å²) >= 11 is 0. The minimum Gasteiger partial charge on any atom is -0.339 e. The number of rotatable bonds is 3. The number of hydrogen-bond acceptors (Lipinski definition) is 3. The monoisotopic (exact) mass is 240 g/mol. The van der Waals surface area contributed by atoms with Crippen LogP contribution >= 0.6 is 0 Å². The summed E-state index contributed by atoms with van der Waals surface area (Å²) in [5.74, 6) is -1.32. The van der Waals surface area contributed by atoms with Gasteiger partial charge in [-0.1, -0.05) is 0 Å². The zero-order valence-corrected chi connectivity index (χ0v) is 9.81. The SMILES string of the molecule is CC(C)N(C)C(=O)c1ccc(F)c([N+](=O)[O-])c1. The van der Waals surface area contributed by atoms with E-state index in [1.807, 2.05) is 13.8 Å². The molecule has 0 aromatic heterocycles. The molecule has 0 saturated carbocycles. The number of halogens is 1. The Morgan fingerprint density at radius 1 is 1.47 bits per heavy atom. The molecule has 0 fully saturated rings. The molecule has 0 spiro atoms. The Hall–Kier alpha value is -1.98. The summed E-state index contributed by atoms with van der Waals surface area (Å²) in [7, 11) is 1.59. The van der Waals surface area contributed by atoms with E-state index in [0.29, 0.717) is 0 Å². The second kappa shape index (κ2) is 4.90. The van der Waals surface area contributed by atoms with Gasteiger partial charge in [0.15, 0.2) is 0 Å². The van der Waals surface area contributed by atoms with Gasteiger partial charge in [-0.3, -0.25) is 14.9 Å². The molecule has 1 rings (SSSR count). The van der Waals surface area contributed by atoms with Crippen molar-refractivity contribution in [2.75, 3.05) is 7.05 Å². The first-order valence-electron chi connectivity index (χ1n) is 5.05. The Labute approximate surface area is 98.0 Å². The molecule has 5 nitrogen and oxygen atoms in total. The fourth-order valence-corrected chi connectivity index (χ4v) is 1.22. The van der Waals surface area contributed by atoms with Gasteiger partial charge in [-0.2, -0.15) is 4.39 Å². The van der Waals surface area contributed by atoms with E-state index in [2.05, 4.69) is 0 Å². The molecule has 0 aliphatic rings. The van der Waals surface area contributed by atoms with Crippen LogP contribution in [0.5, 0.6) is 0 Å². The number of hydrogen-bond donors (Lipinski definition) is 0. The van der Waals surface area contributed by atoms with Crippen molar-refractivity contribution < 1.29 is 14.1 Å². The summed E-state index contributed by atoms with van der Waals surface area (Å²) in [4.78, 5) is 23.0. The molecule has 0 saturated heterocycles. The van der Waals surface area contributed by atoms with Gasteiger partial charge in [0, 0.05) is 24.7 Å². The molecule has 0 N–H and O–H groups in total. The Kier molecular flexibility index (Phi) is 3.77. The van der Waals surface area contributed by atoms with Crippen molar-refractivity contribution >= 4 is 11.6 Å². The standard InChI is InChI=1S/C11H13FN2O3/c1-7(2)13(3)11(15)8-4-5-9(12)10(6-8)14(16)17/h4-7H,1-3H3. The summed E-state index contributed by atoms with van der Waals surface area (Å²) in [6.07, 6.45) is 0. The van der Waals surface area contributed by atoms with Crippen LogP contribution in [0.3, 0.4) is 0 Å². The van der Waals surface area contributed by atoms with Crippen molar-refractivity contribution in [3.8, 4) is 0 Å². The van der Waals surface area contributed by atoms with E-state index >= 15 is 0 Å². The van der Waals surface area contributed by atoms with E-state index in [9.17, 15) is 19.3 Å². The Morgan fingerprint density at radius 2 is 2.06 bits per heavy atom. The molecule has 0 aliphatic heterocycles. The number of nitrogens with zero attached hydrogens (tertiary/aromatic N) is 2. The maximum Gasteiger partial charge on any atom is 0.305 e. The van der Waals surface area contributed by atoms with Gasteiger partial charge in [0.2, 0.25) is 5.82 Å². The van der Waals surface area contributed by atoms with E-state index in [1.165, 1.54) is 11.0 Å². The molecule has 0 unspecified atom stereocenters. The molecular formula is C11H13FN2O3. The largest absolute Gasteiger partial charge is 0.339 e. The van der Waals surface area contributed by atoms with Crippen LogP contribution in [-0.4, -0.2) is 28.8 Å². The van der Waals surface area contributed by atoms with Crippen LogP contribution < -0.4 is 0 Å². The molecule has 0 atom stereocenters. The maximum atomic E-state index is 13.1. The highest BCUT2D eigenvalue weighted by molar-refractivity contribution is 5.94. The van der Waals surface area contributed by atoms with E-state index in [0.717, 1.165) is 12.1 Å². The third kappa shape index (κ3) is 2.77. The quantitative estimate of drug-likeness (QED) is 0.601. The number of nitro benzene ring substituents is 1. The Balaban J connectivity index is 3.12. The fraction of sp³-hybridized carbons (Fsp3) is 0.364. The van der Waals surface area contributed by atoms with Gasteiger partial charge in [0.25, 0.3) is 5.91 Å². The summed E-state index contributed by atoms with van der Waals surface area (Å²) < 4.78 is 13.1. The lowest BCUT2D eigenvalue weighted by Crippen LogP contribution is -2.33. The first kappa shape index (κ1) is 13.1. The lowest BCUT2D eigenvalue weighted by Gasteiger charge is -2.21. The van der Waals surface area contributed by atoms with Gasteiger partial charge in [-0.05, 0) is 26.0 Å². The van der Waals surface area contributed by atoms with Gasteiger partial charge in [0.05, 0.1) is 4.92 Å². The highest BCUT2D eigenvalue weighted by Gasteiger charge is 2.20. The zero-order valence-electron chi connectivity index (χ0n) is 9.81. The molecule has 0 heterocycles. The molecule has 1 aromatic carbocycles. The van der Waals surface area contributed by atoms with E-state index in [4.69, 9.17) is 0 Å². The minimum atomic E-state index is -0.946. The third-order valence-corrected chi connectivity index (χ3v) is 2.48. The van der Waals surface area contributed by atoms with Gasteiger partial charge < -0.3 is 4.90 Å². The Bertz CT molecular complexity index is 460. The van der Waals surface area contributed by atoms with Crippen molar-refractivity contribution in [1.82, 2.24) is 4.90 Å². The van der Waals surface area contributed by atoms with Crippen LogP contribution in [0.15, 0.2) is 18.2 Å².